The molecule has 2 aromatic carbocycles. The fraction of sp³-hybridized carbons (Fsp3) is 0.300. The van der Waals surface area contributed by atoms with Gasteiger partial charge in [0.25, 0.3) is 11.7 Å². The van der Waals surface area contributed by atoms with Crippen molar-refractivity contribution < 1.29 is 32.6 Å². The monoisotopic (exact) mass is 425 g/mol. The molecule has 0 aliphatic heterocycles. The number of nitrogens with one attached hydrogen (secondary N) is 1. The van der Waals surface area contributed by atoms with Crippen molar-refractivity contribution in [2.24, 2.45) is 0 Å². The molecule has 0 spiro atoms. The summed E-state index contributed by atoms with van der Waals surface area (Å²) in [6, 6.07) is 12.6. The van der Waals surface area contributed by atoms with Crippen LogP contribution in [0.3, 0.4) is 0 Å². The summed E-state index contributed by atoms with van der Waals surface area (Å²) in [4.78, 5) is 23.9. The van der Waals surface area contributed by atoms with Gasteiger partial charge in [-0.2, -0.15) is 8.78 Å². The van der Waals surface area contributed by atoms with Gasteiger partial charge in [0.2, 0.25) is 0 Å². The van der Waals surface area contributed by atoms with Gasteiger partial charge in [-0.1, -0.05) is 11.8 Å². The standard InChI is InChI=1S/C20H21F2NO5S/c1-2-26-15-5-7-16(8-6-15)27-12-11-23-18(24)13-28-19(25)14-3-9-17(10-4-14)29-20(21)22/h3-10,20H,2,11-13H2,1H3,(H,23,24). The first-order valence-electron chi connectivity index (χ1n) is 8.82. The van der Waals surface area contributed by atoms with Gasteiger partial charge in [0.15, 0.2) is 6.61 Å². The van der Waals surface area contributed by atoms with Crippen LogP contribution in [0.1, 0.15) is 17.3 Å². The number of carbonyl (C=O) groups is 2. The number of esters is 1. The second-order valence-electron chi connectivity index (χ2n) is 5.58. The summed E-state index contributed by atoms with van der Waals surface area (Å²) in [7, 11) is 0. The summed E-state index contributed by atoms with van der Waals surface area (Å²) in [5.41, 5.74) is 0.176. The summed E-state index contributed by atoms with van der Waals surface area (Å²) < 4.78 is 40.3. The van der Waals surface area contributed by atoms with Crippen molar-refractivity contribution in [1.82, 2.24) is 5.32 Å². The quantitative estimate of drug-likeness (QED) is 0.336. The average Bonchev–Trinajstić information content (AvgIpc) is 2.71. The molecule has 0 heterocycles. The number of benzene rings is 2. The Morgan fingerprint density at radius 1 is 1.00 bits per heavy atom. The maximum Gasteiger partial charge on any atom is 0.338 e. The molecule has 0 radical (unpaired) electrons. The van der Waals surface area contributed by atoms with Crippen LogP contribution >= 0.6 is 11.8 Å². The minimum Gasteiger partial charge on any atom is -0.494 e. The highest BCUT2D eigenvalue weighted by Crippen LogP contribution is 2.25. The number of hydrogen-bond donors (Lipinski definition) is 1. The fourth-order valence-corrected chi connectivity index (χ4v) is 2.69. The lowest BCUT2D eigenvalue weighted by atomic mass is 10.2. The zero-order valence-corrected chi connectivity index (χ0v) is 16.5. The summed E-state index contributed by atoms with van der Waals surface area (Å²) in [5, 5.41) is 2.57. The molecule has 29 heavy (non-hydrogen) atoms. The lowest BCUT2D eigenvalue weighted by molar-refractivity contribution is -0.124. The van der Waals surface area contributed by atoms with Crippen LogP contribution in [0.15, 0.2) is 53.4 Å². The highest BCUT2D eigenvalue weighted by molar-refractivity contribution is 7.99. The van der Waals surface area contributed by atoms with Crippen LogP contribution in [0.2, 0.25) is 0 Å². The number of alkyl halides is 2. The minimum absolute atomic E-state index is 0.176. The maximum absolute atomic E-state index is 12.3. The Labute approximate surface area is 171 Å². The molecule has 2 rings (SSSR count). The molecule has 0 aliphatic rings. The molecule has 0 fully saturated rings. The molecule has 6 nitrogen and oxygen atoms in total. The van der Waals surface area contributed by atoms with Crippen LogP contribution in [0, 0.1) is 0 Å². The number of amides is 1. The van der Waals surface area contributed by atoms with Crippen LogP contribution in [0.25, 0.3) is 0 Å². The van der Waals surface area contributed by atoms with E-state index in [-0.39, 0.29) is 18.7 Å². The van der Waals surface area contributed by atoms with Gasteiger partial charge >= 0.3 is 5.97 Å². The van der Waals surface area contributed by atoms with Crippen LogP contribution in [-0.2, 0) is 9.53 Å². The van der Waals surface area contributed by atoms with Crippen molar-refractivity contribution in [2.45, 2.75) is 17.6 Å². The zero-order valence-electron chi connectivity index (χ0n) is 15.7. The van der Waals surface area contributed by atoms with Gasteiger partial charge in [0, 0.05) is 4.90 Å². The van der Waals surface area contributed by atoms with E-state index in [4.69, 9.17) is 14.2 Å². The molecule has 0 saturated carbocycles. The van der Waals surface area contributed by atoms with Crippen LogP contribution < -0.4 is 14.8 Å². The van der Waals surface area contributed by atoms with Crippen LogP contribution in [0.5, 0.6) is 11.5 Å². The molecule has 156 valence electrons. The molecule has 9 heteroatoms. The van der Waals surface area contributed by atoms with E-state index in [1.54, 1.807) is 24.3 Å². The average molecular weight is 425 g/mol. The lowest BCUT2D eigenvalue weighted by Gasteiger charge is -2.09. The van der Waals surface area contributed by atoms with Crippen molar-refractivity contribution in [3.63, 3.8) is 0 Å². The number of ether oxygens (including phenoxy) is 3. The van der Waals surface area contributed by atoms with Crippen molar-refractivity contribution in [2.75, 3.05) is 26.4 Å². The van der Waals surface area contributed by atoms with Crippen molar-refractivity contribution in [3.05, 3.63) is 54.1 Å². The van der Waals surface area contributed by atoms with Gasteiger partial charge in [0.1, 0.15) is 18.1 Å². The van der Waals surface area contributed by atoms with E-state index < -0.39 is 24.2 Å². The molecular weight excluding hydrogens is 404 g/mol. The summed E-state index contributed by atoms with van der Waals surface area (Å²) in [5.74, 6) is -2.33. The van der Waals surface area contributed by atoms with E-state index >= 15 is 0 Å². The molecule has 2 aromatic rings. The second-order valence-corrected chi connectivity index (χ2v) is 6.65. The van der Waals surface area contributed by atoms with Gasteiger partial charge < -0.3 is 19.5 Å². The molecule has 0 bridgehead atoms. The summed E-state index contributed by atoms with van der Waals surface area (Å²) in [6.45, 7) is 2.52. The molecule has 1 N–H and O–H groups in total. The number of hydrogen-bond acceptors (Lipinski definition) is 6. The van der Waals surface area contributed by atoms with Gasteiger partial charge in [0.05, 0.1) is 18.7 Å². The molecule has 0 aliphatic carbocycles. The lowest BCUT2D eigenvalue weighted by Crippen LogP contribution is -2.32. The smallest absolute Gasteiger partial charge is 0.338 e. The summed E-state index contributed by atoms with van der Waals surface area (Å²) in [6.07, 6.45) is 0. The molecule has 0 aromatic heterocycles. The van der Waals surface area contributed by atoms with Gasteiger partial charge in [-0.3, -0.25) is 4.79 Å². The number of carbonyl (C=O) groups excluding carboxylic acids is 2. The minimum atomic E-state index is -2.53. The molecule has 0 atom stereocenters. The molecular formula is C20H21F2NO5S. The van der Waals surface area contributed by atoms with Crippen LogP contribution in [-0.4, -0.2) is 44.0 Å². The van der Waals surface area contributed by atoms with Crippen molar-refractivity contribution in [3.8, 4) is 11.5 Å². The Kier molecular flexibility index (Phi) is 9.23. The van der Waals surface area contributed by atoms with Gasteiger partial charge in [-0.05, 0) is 55.5 Å². The Morgan fingerprint density at radius 2 is 1.62 bits per heavy atom. The number of rotatable bonds is 11. The first-order valence-corrected chi connectivity index (χ1v) is 9.70. The SMILES string of the molecule is CCOc1ccc(OCCNC(=O)COC(=O)c2ccc(SC(F)F)cc2)cc1. The summed E-state index contributed by atoms with van der Waals surface area (Å²) >= 11 is 0.382. The number of thioether (sulfide) groups is 1. The van der Waals surface area contributed by atoms with E-state index in [0.29, 0.717) is 29.0 Å². The van der Waals surface area contributed by atoms with Gasteiger partial charge in [-0.25, -0.2) is 4.79 Å². The number of halogens is 2. The maximum atomic E-state index is 12.3. The predicted octanol–water partition coefficient (Wildman–Crippen LogP) is 3.75. The highest BCUT2D eigenvalue weighted by Gasteiger charge is 2.11. The van der Waals surface area contributed by atoms with E-state index in [0.717, 1.165) is 5.75 Å². The Bertz CT molecular complexity index is 784. The largest absolute Gasteiger partial charge is 0.494 e. The van der Waals surface area contributed by atoms with Crippen molar-refractivity contribution in [1.29, 1.82) is 0 Å². The second kappa shape index (κ2) is 11.9. The Balaban J connectivity index is 1.64. The first kappa shape index (κ1) is 22.5. The first-order chi connectivity index (χ1) is 14.0. The normalized spacial score (nSPS) is 10.5. The van der Waals surface area contributed by atoms with Crippen molar-refractivity contribution >= 4 is 23.6 Å². The fourth-order valence-electron chi connectivity index (χ4n) is 2.20. The topological polar surface area (TPSA) is 73.9 Å². The third kappa shape index (κ3) is 8.39. The van der Waals surface area contributed by atoms with Crippen LogP contribution in [0.4, 0.5) is 8.78 Å². The highest BCUT2D eigenvalue weighted by atomic mass is 32.2. The van der Waals surface area contributed by atoms with E-state index in [1.807, 2.05) is 6.92 Å². The third-order valence-electron chi connectivity index (χ3n) is 3.48. The zero-order chi connectivity index (χ0) is 21.1. The third-order valence-corrected chi connectivity index (χ3v) is 4.20. The predicted molar refractivity (Wildman–Crippen MR) is 105 cm³/mol. The molecule has 1 amide bonds. The van der Waals surface area contributed by atoms with E-state index in [9.17, 15) is 18.4 Å². The molecule has 0 unspecified atom stereocenters. The molecule has 0 saturated heterocycles. The Morgan fingerprint density at radius 3 is 2.21 bits per heavy atom. The van der Waals surface area contributed by atoms with E-state index in [1.165, 1.54) is 24.3 Å². The Hall–Kier alpha value is -2.81. The van der Waals surface area contributed by atoms with Gasteiger partial charge in [-0.15, -0.1) is 0 Å². The van der Waals surface area contributed by atoms with E-state index in [2.05, 4.69) is 5.32 Å².